The second kappa shape index (κ2) is 5.00. The average Bonchev–Trinajstić information content (AvgIpc) is 2.94. The van der Waals surface area contributed by atoms with Crippen LogP contribution in [0.4, 0.5) is 0 Å². The topological polar surface area (TPSA) is 49.4 Å². The number of nitrogens with one attached hydrogen (secondary N) is 1. The van der Waals surface area contributed by atoms with Crippen molar-refractivity contribution in [1.82, 2.24) is 10.2 Å². The van der Waals surface area contributed by atoms with Crippen LogP contribution >= 0.6 is 0 Å². The number of hydrogen-bond donors (Lipinski definition) is 1. The lowest BCUT2D eigenvalue weighted by Gasteiger charge is -2.33. The summed E-state index contributed by atoms with van der Waals surface area (Å²) < 4.78 is 0. The van der Waals surface area contributed by atoms with Crippen LogP contribution in [-0.4, -0.2) is 41.3 Å². The van der Waals surface area contributed by atoms with Crippen molar-refractivity contribution in [2.45, 2.75) is 58.0 Å². The van der Waals surface area contributed by atoms with E-state index in [4.69, 9.17) is 0 Å². The van der Waals surface area contributed by atoms with Gasteiger partial charge < -0.3 is 10.2 Å². The molecule has 1 amide bonds. The Bertz CT molecular complexity index is 338. The van der Waals surface area contributed by atoms with Crippen molar-refractivity contribution >= 4 is 11.7 Å². The van der Waals surface area contributed by atoms with Crippen LogP contribution in [0.1, 0.15) is 46.5 Å². The molecule has 1 atom stereocenters. The largest absolute Gasteiger partial charge is 0.336 e. The first-order valence-electron chi connectivity index (χ1n) is 6.97. The van der Waals surface area contributed by atoms with Crippen molar-refractivity contribution in [3.05, 3.63) is 0 Å². The number of Topliss-reactive ketones (excluding diaryl/α,β-unsaturated/α-hetero) is 1. The summed E-state index contributed by atoms with van der Waals surface area (Å²) in [6, 6.07) is -0.300. The maximum atomic E-state index is 12.3. The van der Waals surface area contributed by atoms with Crippen molar-refractivity contribution in [1.29, 1.82) is 0 Å². The monoisotopic (exact) mass is 252 g/mol. The van der Waals surface area contributed by atoms with Gasteiger partial charge in [0.25, 0.3) is 5.91 Å². The van der Waals surface area contributed by atoms with Crippen LogP contribution in [0, 0.1) is 5.92 Å². The van der Waals surface area contributed by atoms with Gasteiger partial charge in [-0.2, -0.15) is 0 Å². The fourth-order valence-corrected chi connectivity index (χ4v) is 2.27. The molecule has 1 N–H and O–H groups in total. The van der Waals surface area contributed by atoms with Crippen LogP contribution in [0.25, 0.3) is 0 Å². The van der Waals surface area contributed by atoms with Crippen LogP contribution in [0.15, 0.2) is 0 Å². The number of likely N-dealkylation sites (tertiary alicyclic amines) is 1. The van der Waals surface area contributed by atoms with E-state index in [0.717, 1.165) is 25.9 Å². The van der Waals surface area contributed by atoms with Gasteiger partial charge in [-0.3, -0.25) is 9.59 Å². The Hall–Kier alpha value is -0.900. The lowest BCUT2D eigenvalue weighted by Crippen LogP contribution is -2.55. The molecule has 102 valence electrons. The molecule has 0 spiro atoms. The van der Waals surface area contributed by atoms with E-state index in [1.807, 2.05) is 20.8 Å². The highest BCUT2D eigenvalue weighted by atomic mass is 16.2. The predicted octanol–water partition coefficient (Wildman–Crippen LogP) is 1.34. The lowest BCUT2D eigenvalue weighted by molar-refractivity contribution is -0.148. The molecule has 1 aliphatic carbocycles. The summed E-state index contributed by atoms with van der Waals surface area (Å²) in [4.78, 5) is 25.9. The third-order valence-corrected chi connectivity index (χ3v) is 3.54. The van der Waals surface area contributed by atoms with E-state index in [1.54, 1.807) is 4.90 Å². The van der Waals surface area contributed by atoms with Crippen molar-refractivity contribution in [2.24, 2.45) is 5.92 Å². The molecule has 4 nitrogen and oxygen atoms in total. The smallest absolute Gasteiger partial charge is 0.291 e. The summed E-state index contributed by atoms with van der Waals surface area (Å²) in [6.07, 6.45) is 4.25. The first-order valence-corrected chi connectivity index (χ1v) is 6.97. The average molecular weight is 252 g/mol. The Kier molecular flexibility index (Phi) is 3.76. The highest BCUT2D eigenvalue weighted by Crippen LogP contribution is 2.34. The zero-order valence-corrected chi connectivity index (χ0v) is 11.7. The number of hydrogen-bond acceptors (Lipinski definition) is 3. The molecule has 4 heteroatoms. The standard InChI is InChI=1S/C14H24N2O2/c1-14(2,3)15-11(9-10-5-6-10)12(17)13(18)16-7-4-8-16/h10-11,15H,4-9H2,1-3H3/t11-/m0/s1. The van der Waals surface area contributed by atoms with Crippen LogP contribution in [0.2, 0.25) is 0 Å². The summed E-state index contributed by atoms with van der Waals surface area (Å²) in [7, 11) is 0. The second-order valence-corrected chi connectivity index (χ2v) is 6.64. The van der Waals surface area contributed by atoms with Crippen molar-refractivity contribution in [3.63, 3.8) is 0 Å². The molecule has 1 heterocycles. The lowest BCUT2D eigenvalue weighted by atomic mass is 9.99. The maximum absolute atomic E-state index is 12.3. The first-order chi connectivity index (χ1) is 8.37. The summed E-state index contributed by atoms with van der Waals surface area (Å²) >= 11 is 0. The molecule has 1 aliphatic heterocycles. The molecule has 1 saturated heterocycles. The number of carbonyl (C=O) groups excluding carboxylic acids is 2. The molecule has 0 aromatic carbocycles. The van der Waals surface area contributed by atoms with Crippen molar-refractivity contribution < 1.29 is 9.59 Å². The molecule has 2 rings (SSSR count). The van der Waals surface area contributed by atoms with E-state index in [1.165, 1.54) is 12.8 Å². The zero-order valence-electron chi connectivity index (χ0n) is 11.7. The Morgan fingerprint density at radius 3 is 2.28 bits per heavy atom. The third kappa shape index (κ3) is 3.55. The van der Waals surface area contributed by atoms with Gasteiger partial charge in [-0.05, 0) is 39.5 Å². The molecular weight excluding hydrogens is 228 g/mol. The van der Waals surface area contributed by atoms with E-state index >= 15 is 0 Å². The number of rotatable bonds is 5. The minimum atomic E-state index is -0.300. The summed E-state index contributed by atoms with van der Waals surface area (Å²) in [5, 5.41) is 3.31. The van der Waals surface area contributed by atoms with Gasteiger partial charge in [0.1, 0.15) is 0 Å². The van der Waals surface area contributed by atoms with E-state index in [-0.39, 0.29) is 23.3 Å². The maximum Gasteiger partial charge on any atom is 0.291 e. The van der Waals surface area contributed by atoms with Gasteiger partial charge in [-0.15, -0.1) is 0 Å². The van der Waals surface area contributed by atoms with Crippen LogP contribution in [-0.2, 0) is 9.59 Å². The number of amides is 1. The second-order valence-electron chi connectivity index (χ2n) is 6.64. The molecule has 1 saturated carbocycles. The quantitative estimate of drug-likeness (QED) is 0.751. The summed E-state index contributed by atoms with van der Waals surface area (Å²) in [5.41, 5.74) is -0.134. The number of ketones is 1. The SMILES string of the molecule is CC(C)(C)N[C@@H](CC1CC1)C(=O)C(=O)N1CCC1. The first kappa shape index (κ1) is 13.5. The summed E-state index contributed by atoms with van der Waals surface area (Å²) in [6.45, 7) is 7.60. The van der Waals surface area contributed by atoms with Gasteiger partial charge in [0.15, 0.2) is 0 Å². The van der Waals surface area contributed by atoms with Gasteiger partial charge in [0.05, 0.1) is 6.04 Å². The Balaban J connectivity index is 1.96. The highest BCUT2D eigenvalue weighted by molar-refractivity contribution is 6.38. The molecule has 2 aliphatic rings. The molecule has 0 aromatic rings. The summed E-state index contributed by atoms with van der Waals surface area (Å²) in [5.74, 6) is 0.109. The minimum Gasteiger partial charge on any atom is -0.336 e. The Morgan fingerprint density at radius 1 is 1.28 bits per heavy atom. The minimum absolute atomic E-state index is 0.134. The van der Waals surface area contributed by atoms with Gasteiger partial charge in [0, 0.05) is 18.6 Å². The molecule has 0 aromatic heterocycles. The van der Waals surface area contributed by atoms with Crippen LogP contribution in [0.5, 0.6) is 0 Å². The van der Waals surface area contributed by atoms with Gasteiger partial charge in [0.2, 0.25) is 5.78 Å². The van der Waals surface area contributed by atoms with Gasteiger partial charge in [-0.1, -0.05) is 12.8 Å². The Labute approximate surface area is 109 Å². The van der Waals surface area contributed by atoms with E-state index < -0.39 is 0 Å². The number of carbonyl (C=O) groups is 2. The molecule has 18 heavy (non-hydrogen) atoms. The molecule has 0 radical (unpaired) electrons. The van der Waals surface area contributed by atoms with Crippen LogP contribution in [0.3, 0.4) is 0 Å². The highest BCUT2D eigenvalue weighted by Gasteiger charge is 2.36. The van der Waals surface area contributed by atoms with E-state index in [0.29, 0.717) is 5.92 Å². The van der Waals surface area contributed by atoms with Gasteiger partial charge in [-0.25, -0.2) is 0 Å². The van der Waals surface area contributed by atoms with Crippen molar-refractivity contribution in [2.75, 3.05) is 13.1 Å². The Morgan fingerprint density at radius 2 is 1.89 bits per heavy atom. The predicted molar refractivity (Wildman–Crippen MR) is 70.2 cm³/mol. The van der Waals surface area contributed by atoms with Gasteiger partial charge >= 0.3 is 0 Å². The zero-order chi connectivity index (χ0) is 13.3. The molecule has 2 fully saturated rings. The molecule has 0 bridgehead atoms. The van der Waals surface area contributed by atoms with Crippen molar-refractivity contribution in [3.8, 4) is 0 Å². The molecular formula is C14H24N2O2. The van der Waals surface area contributed by atoms with Crippen LogP contribution < -0.4 is 5.32 Å². The fraction of sp³-hybridized carbons (Fsp3) is 0.857. The van der Waals surface area contributed by atoms with E-state index in [2.05, 4.69) is 5.32 Å². The molecule has 0 unspecified atom stereocenters. The van der Waals surface area contributed by atoms with E-state index in [9.17, 15) is 9.59 Å². The third-order valence-electron chi connectivity index (χ3n) is 3.54. The number of nitrogens with zero attached hydrogens (tertiary/aromatic N) is 1. The fourth-order valence-electron chi connectivity index (χ4n) is 2.27. The normalized spacial score (nSPS) is 21.4.